The maximum absolute atomic E-state index is 12.2. The van der Waals surface area contributed by atoms with E-state index in [4.69, 9.17) is 0 Å². The summed E-state index contributed by atoms with van der Waals surface area (Å²) in [5.41, 5.74) is 0. The standard InChI is InChI=1S/C40H69NO3/c1-3-5-7-9-10-11-12-13-14-15-16-17-18-19-20-21-22-23-24-25-26-27-28-29-30-32-34-36-40(44)41-38(37-42)39(43)35-33-31-8-6-4-2/h5,7,10-11,13-14,16-17,19-20,33,35,38-39,42-43H,3-4,6,8-9,12,15,18,21-32,34,36-37H2,1-2H3,(H,41,44)/b7-5-,11-10-,14-13-,17-16-,20-19-,35-33+. The number of aliphatic hydroxyl groups excluding tert-OH is 2. The summed E-state index contributed by atoms with van der Waals surface area (Å²) in [6.07, 6.45) is 50.2. The Balaban J connectivity index is 3.53. The van der Waals surface area contributed by atoms with Crippen LogP contribution in [0.2, 0.25) is 0 Å². The van der Waals surface area contributed by atoms with Crippen LogP contribution in [0.1, 0.15) is 155 Å². The molecule has 252 valence electrons. The summed E-state index contributed by atoms with van der Waals surface area (Å²) in [7, 11) is 0. The lowest BCUT2D eigenvalue weighted by molar-refractivity contribution is -0.123. The molecule has 0 saturated carbocycles. The zero-order valence-corrected chi connectivity index (χ0v) is 28.6. The molecule has 44 heavy (non-hydrogen) atoms. The van der Waals surface area contributed by atoms with Crippen molar-refractivity contribution in [3.8, 4) is 0 Å². The highest BCUT2D eigenvalue weighted by atomic mass is 16.3. The molecule has 0 aliphatic rings. The lowest BCUT2D eigenvalue weighted by atomic mass is 10.0. The monoisotopic (exact) mass is 612 g/mol. The maximum atomic E-state index is 12.2. The highest BCUT2D eigenvalue weighted by Crippen LogP contribution is 2.13. The van der Waals surface area contributed by atoms with Gasteiger partial charge in [0.25, 0.3) is 0 Å². The zero-order valence-electron chi connectivity index (χ0n) is 28.6. The molecule has 4 nitrogen and oxygen atoms in total. The zero-order chi connectivity index (χ0) is 32.2. The lowest BCUT2D eigenvalue weighted by Gasteiger charge is -2.20. The molecule has 0 fully saturated rings. The number of aliphatic hydroxyl groups is 2. The summed E-state index contributed by atoms with van der Waals surface area (Å²) < 4.78 is 0. The summed E-state index contributed by atoms with van der Waals surface area (Å²) in [5, 5.41) is 22.5. The molecule has 2 unspecified atom stereocenters. The van der Waals surface area contributed by atoms with E-state index in [1.165, 1.54) is 77.0 Å². The van der Waals surface area contributed by atoms with Crippen molar-refractivity contribution in [2.45, 2.75) is 167 Å². The Kier molecular flexibility index (Phi) is 33.6. The first-order valence-corrected chi connectivity index (χ1v) is 18.2. The van der Waals surface area contributed by atoms with Crippen molar-refractivity contribution in [1.82, 2.24) is 5.32 Å². The highest BCUT2D eigenvalue weighted by Gasteiger charge is 2.17. The Labute approximate surface area is 272 Å². The first-order chi connectivity index (χ1) is 21.7. The van der Waals surface area contributed by atoms with Crippen LogP contribution in [0, 0.1) is 0 Å². The van der Waals surface area contributed by atoms with Crippen LogP contribution < -0.4 is 5.32 Å². The average molecular weight is 612 g/mol. The van der Waals surface area contributed by atoms with E-state index in [-0.39, 0.29) is 12.5 Å². The predicted octanol–water partition coefficient (Wildman–Crippen LogP) is 10.8. The molecule has 0 saturated heterocycles. The van der Waals surface area contributed by atoms with Gasteiger partial charge in [0.2, 0.25) is 5.91 Å². The molecular weight excluding hydrogens is 542 g/mol. The minimum absolute atomic E-state index is 0.0798. The van der Waals surface area contributed by atoms with E-state index in [9.17, 15) is 15.0 Å². The molecular formula is C40H69NO3. The molecule has 0 rings (SSSR count). The van der Waals surface area contributed by atoms with E-state index in [0.717, 1.165) is 57.8 Å². The first-order valence-electron chi connectivity index (χ1n) is 18.2. The summed E-state index contributed by atoms with van der Waals surface area (Å²) in [4.78, 5) is 12.2. The second-order valence-corrected chi connectivity index (χ2v) is 11.9. The number of amides is 1. The van der Waals surface area contributed by atoms with Crippen molar-refractivity contribution in [3.63, 3.8) is 0 Å². The van der Waals surface area contributed by atoms with E-state index >= 15 is 0 Å². The van der Waals surface area contributed by atoms with Crippen LogP contribution in [0.5, 0.6) is 0 Å². The third-order valence-electron chi connectivity index (χ3n) is 7.70. The molecule has 0 aliphatic heterocycles. The summed E-state index contributed by atoms with van der Waals surface area (Å²) in [6, 6.07) is -0.622. The smallest absolute Gasteiger partial charge is 0.220 e. The van der Waals surface area contributed by atoms with Gasteiger partial charge in [-0.15, -0.1) is 0 Å². The molecule has 1 amide bonds. The Bertz CT molecular complexity index is 792. The lowest BCUT2D eigenvalue weighted by Crippen LogP contribution is -2.45. The number of rotatable bonds is 31. The maximum Gasteiger partial charge on any atom is 0.220 e. The first kappa shape index (κ1) is 41.8. The van der Waals surface area contributed by atoms with Gasteiger partial charge < -0.3 is 15.5 Å². The third-order valence-corrected chi connectivity index (χ3v) is 7.70. The highest BCUT2D eigenvalue weighted by molar-refractivity contribution is 5.76. The summed E-state index contributed by atoms with van der Waals surface area (Å²) in [6.45, 7) is 4.07. The van der Waals surface area contributed by atoms with Gasteiger partial charge in [0.1, 0.15) is 0 Å². The van der Waals surface area contributed by atoms with Gasteiger partial charge >= 0.3 is 0 Å². The second kappa shape index (κ2) is 35.3. The molecule has 0 aromatic rings. The number of hydrogen-bond donors (Lipinski definition) is 3. The van der Waals surface area contributed by atoms with Gasteiger partial charge in [0.15, 0.2) is 0 Å². The fourth-order valence-corrected chi connectivity index (χ4v) is 4.91. The van der Waals surface area contributed by atoms with Crippen molar-refractivity contribution in [2.75, 3.05) is 6.61 Å². The van der Waals surface area contributed by atoms with Gasteiger partial charge in [0, 0.05) is 6.42 Å². The van der Waals surface area contributed by atoms with Crippen molar-refractivity contribution in [3.05, 3.63) is 72.9 Å². The average Bonchev–Trinajstić information content (AvgIpc) is 3.03. The van der Waals surface area contributed by atoms with E-state index in [1.807, 2.05) is 6.08 Å². The number of nitrogens with one attached hydrogen (secondary N) is 1. The quantitative estimate of drug-likeness (QED) is 0.0539. The normalized spacial score (nSPS) is 14.0. The van der Waals surface area contributed by atoms with Crippen molar-refractivity contribution in [2.24, 2.45) is 0 Å². The van der Waals surface area contributed by atoms with Crippen LogP contribution in [0.25, 0.3) is 0 Å². The van der Waals surface area contributed by atoms with Crippen LogP contribution in [0.4, 0.5) is 0 Å². The molecule has 0 bridgehead atoms. The number of carbonyl (C=O) groups excluding carboxylic acids is 1. The minimum atomic E-state index is -0.838. The molecule has 0 aromatic carbocycles. The van der Waals surface area contributed by atoms with Crippen LogP contribution >= 0.6 is 0 Å². The molecule has 2 atom stereocenters. The van der Waals surface area contributed by atoms with Gasteiger partial charge in [-0.3, -0.25) is 4.79 Å². The van der Waals surface area contributed by atoms with E-state index < -0.39 is 12.1 Å². The van der Waals surface area contributed by atoms with Crippen LogP contribution in [0.15, 0.2) is 72.9 Å². The molecule has 3 N–H and O–H groups in total. The number of carbonyl (C=O) groups is 1. The number of allylic oxidation sites excluding steroid dienone is 11. The van der Waals surface area contributed by atoms with Crippen LogP contribution in [-0.4, -0.2) is 34.9 Å². The third kappa shape index (κ3) is 31.3. The van der Waals surface area contributed by atoms with Gasteiger partial charge in [-0.25, -0.2) is 0 Å². The molecule has 0 spiro atoms. The van der Waals surface area contributed by atoms with E-state index in [0.29, 0.717) is 6.42 Å². The Morgan fingerprint density at radius 1 is 0.568 bits per heavy atom. The fourth-order valence-electron chi connectivity index (χ4n) is 4.91. The van der Waals surface area contributed by atoms with Gasteiger partial charge in [-0.1, -0.05) is 157 Å². The van der Waals surface area contributed by atoms with Gasteiger partial charge in [0.05, 0.1) is 18.8 Å². The Morgan fingerprint density at radius 2 is 1.00 bits per heavy atom. The van der Waals surface area contributed by atoms with Crippen molar-refractivity contribution >= 4 is 5.91 Å². The summed E-state index contributed by atoms with van der Waals surface area (Å²) in [5.74, 6) is -0.0798. The number of hydrogen-bond acceptors (Lipinski definition) is 3. The van der Waals surface area contributed by atoms with Crippen LogP contribution in [0.3, 0.4) is 0 Å². The minimum Gasteiger partial charge on any atom is -0.394 e. The molecule has 0 aromatic heterocycles. The Morgan fingerprint density at radius 3 is 1.50 bits per heavy atom. The van der Waals surface area contributed by atoms with E-state index in [2.05, 4.69) is 79.9 Å². The van der Waals surface area contributed by atoms with Gasteiger partial charge in [-0.2, -0.15) is 0 Å². The largest absolute Gasteiger partial charge is 0.394 e. The fraction of sp³-hybridized carbons (Fsp3) is 0.675. The van der Waals surface area contributed by atoms with Crippen molar-refractivity contribution < 1.29 is 15.0 Å². The predicted molar refractivity (Wildman–Crippen MR) is 193 cm³/mol. The molecule has 0 heterocycles. The SMILES string of the molecule is CC/C=C\C/C=C\C/C=C\C/C=C\C/C=C\CCCCCCCCCCCCCC(=O)NC(CO)C(O)/C=C/CCCCC. The molecule has 0 aliphatic carbocycles. The van der Waals surface area contributed by atoms with Gasteiger partial charge in [-0.05, 0) is 64.2 Å². The Hall–Kier alpha value is -2.17. The van der Waals surface area contributed by atoms with Crippen molar-refractivity contribution in [1.29, 1.82) is 0 Å². The van der Waals surface area contributed by atoms with E-state index in [1.54, 1.807) is 6.08 Å². The number of unbranched alkanes of at least 4 members (excludes halogenated alkanes) is 14. The molecule has 4 heteroatoms. The van der Waals surface area contributed by atoms with Crippen LogP contribution in [-0.2, 0) is 4.79 Å². The topological polar surface area (TPSA) is 69.6 Å². The summed E-state index contributed by atoms with van der Waals surface area (Å²) >= 11 is 0. The molecule has 0 radical (unpaired) electrons. The second-order valence-electron chi connectivity index (χ2n) is 11.9.